The van der Waals surface area contributed by atoms with Gasteiger partial charge in [-0.15, -0.1) is 24.0 Å². The van der Waals surface area contributed by atoms with Gasteiger partial charge in [0.25, 0.3) is 5.69 Å². The molecule has 0 spiro atoms. The van der Waals surface area contributed by atoms with Gasteiger partial charge in [0.05, 0.1) is 11.5 Å². The van der Waals surface area contributed by atoms with E-state index >= 15 is 0 Å². The summed E-state index contributed by atoms with van der Waals surface area (Å²) in [4.78, 5) is 14.7. The SMILES string of the molecule is C=C(C)CNC(=NCc1ccc([N+](=O)[O-])cc1)NCCCC.I. The van der Waals surface area contributed by atoms with Gasteiger partial charge in [0, 0.05) is 25.2 Å². The Kier molecular flexibility index (Phi) is 11.0. The van der Waals surface area contributed by atoms with Crippen molar-refractivity contribution >= 4 is 35.6 Å². The molecule has 2 N–H and O–H groups in total. The molecule has 6 nitrogen and oxygen atoms in total. The molecule has 0 aromatic heterocycles. The van der Waals surface area contributed by atoms with Crippen molar-refractivity contribution in [2.24, 2.45) is 4.99 Å². The van der Waals surface area contributed by atoms with Crippen molar-refractivity contribution in [2.45, 2.75) is 33.2 Å². The number of nitro benzene ring substituents is 1. The van der Waals surface area contributed by atoms with E-state index in [2.05, 4.69) is 29.1 Å². The van der Waals surface area contributed by atoms with Crippen molar-refractivity contribution in [1.82, 2.24) is 10.6 Å². The van der Waals surface area contributed by atoms with Crippen molar-refractivity contribution in [3.05, 3.63) is 52.1 Å². The fourth-order valence-electron chi connectivity index (χ4n) is 1.69. The van der Waals surface area contributed by atoms with Crippen molar-refractivity contribution < 1.29 is 4.92 Å². The molecule has 0 unspecified atom stereocenters. The van der Waals surface area contributed by atoms with Crippen molar-refractivity contribution in [1.29, 1.82) is 0 Å². The summed E-state index contributed by atoms with van der Waals surface area (Å²) in [5.74, 6) is 0.731. The summed E-state index contributed by atoms with van der Waals surface area (Å²) >= 11 is 0. The van der Waals surface area contributed by atoms with Crippen LogP contribution in [-0.2, 0) is 6.54 Å². The minimum atomic E-state index is -0.404. The molecule has 0 saturated heterocycles. The molecule has 0 aliphatic carbocycles. The van der Waals surface area contributed by atoms with Crippen LogP contribution in [0.3, 0.4) is 0 Å². The molecule has 23 heavy (non-hydrogen) atoms. The van der Waals surface area contributed by atoms with Crippen molar-refractivity contribution in [3.63, 3.8) is 0 Å². The molecule has 0 aliphatic rings. The number of halogens is 1. The van der Waals surface area contributed by atoms with Gasteiger partial charge in [-0.1, -0.05) is 37.6 Å². The Bertz CT molecular complexity index is 529. The molecule has 0 saturated carbocycles. The highest BCUT2D eigenvalue weighted by atomic mass is 127. The van der Waals surface area contributed by atoms with Crippen LogP contribution in [0.5, 0.6) is 0 Å². The van der Waals surface area contributed by atoms with E-state index in [-0.39, 0.29) is 29.7 Å². The van der Waals surface area contributed by atoms with Crippen molar-refractivity contribution in [3.8, 4) is 0 Å². The first-order chi connectivity index (χ1) is 10.5. The number of hydrogen-bond donors (Lipinski definition) is 2. The van der Waals surface area contributed by atoms with E-state index in [0.29, 0.717) is 13.1 Å². The topological polar surface area (TPSA) is 79.6 Å². The second-order valence-corrected chi connectivity index (χ2v) is 5.18. The third kappa shape index (κ3) is 9.17. The fraction of sp³-hybridized carbons (Fsp3) is 0.438. The third-order valence-electron chi connectivity index (χ3n) is 2.95. The van der Waals surface area contributed by atoms with Crippen molar-refractivity contribution in [2.75, 3.05) is 13.1 Å². The van der Waals surface area contributed by atoms with Gasteiger partial charge >= 0.3 is 0 Å². The van der Waals surface area contributed by atoms with Crippen LogP contribution in [0, 0.1) is 10.1 Å². The first-order valence-electron chi connectivity index (χ1n) is 7.42. The molecular weight excluding hydrogens is 407 g/mol. The number of nitrogens with one attached hydrogen (secondary N) is 2. The van der Waals surface area contributed by atoms with Crippen LogP contribution < -0.4 is 10.6 Å². The number of aliphatic imine (C=N–C) groups is 1. The van der Waals surface area contributed by atoms with Gasteiger partial charge in [-0.25, -0.2) is 4.99 Å². The summed E-state index contributed by atoms with van der Waals surface area (Å²) in [5.41, 5.74) is 2.05. The Morgan fingerprint density at radius 1 is 1.30 bits per heavy atom. The maximum absolute atomic E-state index is 10.6. The zero-order valence-electron chi connectivity index (χ0n) is 13.7. The molecule has 7 heteroatoms. The lowest BCUT2D eigenvalue weighted by molar-refractivity contribution is -0.384. The normalized spacial score (nSPS) is 10.6. The van der Waals surface area contributed by atoms with Crippen LogP contribution in [0.2, 0.25) is 0 Å². The molecule has 0 amide bonds. The van der Waals surface area contributed by atoms with Gasteiger partial charge in [-0.3, -0.25) is 10.1 Å². The van der Waals surface area contributed by atoms with E-state index in [0.717, 1.165) is 36.5 Å². The van der Waals surface area contributed by atoms with E-state index in [4.69, 9.17) is 0 Å². The largest absolute Gasteiger partial charge is 0.356 e. The molecule has 0 radical (unpaired) electrons. The monoisotopic (exact) mass is 432 g/mol. The smallest absolute Gasteiger partial charge is 0.269 e. The number of hydrogen-bond acceptors (Lipinski definition) is 3. The molecule has 128 valence electrons. The van der Waals surface area contributed by atoms with Gasteiger partial charge < -0.3 is 10.6 Å². The molecule has 0 atom stereocenters. The number of benzene rings is 1. The van der Waals surface area contributed by atoms with E-state index in [9.17, 15) is 10.1 Å². The van der Waals surface area contributed by atoms with E-state index in [1.807, 2.05) is 6.92 Å². The zero-order valence-corrected chi connectivity index (χ0v) is 16.0. The summed E-state index contributed by atoms with van der Waals surface area (Å²) in [6, 6.07) is 6.45. The van der Waals surface area contributed by atoms with Crippen LogP contribution in [0.25, 0.3) is 0 Å². The number of unbranched alkanes of at least 4 members (excludes halogenated alkanes) is 1. The lowest BCUT2D eigenvalue weighted by atomic mass is 10.2. The second kappa shape index (κ2) is 11.9. The van der Waals surface area contributed by atoms with Crippen LogP contribution in [0.1, 0.15) is 32.3 Å². The van der Waals surface area contributed by atoms with Gasteiger partial charge in [-0.05, 0) is 18.9 Å². The lowest BCUT2D eigenvalue weighted by Crippen LogP contribution is -2.38. The number of guanidine groups is 1. The second-order valence-electron chi connectivity index (χ2n) is 5.18. The summed E-state index contributed by atoms with van der Waals surface area (Å²) < 4.78 is 0. The standard InChI is InChI=1S/C16H24N4O2.HI/c1-4-5-10-17-16(18-11-13(2)3)19-12-14-6-8-15(9-7-14)20(21)22;/h6-9H,2,4-5,10-12H2,1,3H3,(H2,17,18,19);1H. The van der Waals surface area contributed by atoms with Crippen LogP contribution in [-0.4, -0.2) is 24.0 Å². The molecular formula is C16H25IN4O2. The summed E-state index contributed by atoms with van der Waals surface area (Å²) in [6.07, 6.45) is 2.19. The summed E-state index contributed by atoms with van der Waals surface area (Å²) in [5, 5.41) is 17.1. The average molecular weight is 432 g/mol. The molecule has 0 heterocycles. The summed E-state index contributed by atoms with van der Waals surface area (Å²) in [6.45, 7) is 9.94. The number of non-ortho nitro benzene ring substituents is 1. The Morgan fingerprint density at radius 2 is 1.96 bits per heavy atom. The summed E-state index contributed by atoms with van der Waals surface area (Å²) in [7, 11) is 0. The highest BCUT2D eigenvalue weighted by molar-refractivity contribution is 14.0. The molecule has 1 aromatic carbocycles. The zero-order chi connectivity index (χ0) is 16.4. The van der Waals surface area contributed by atoms with Crippen LogP contribution >= 0.6 is 24.0 Å². The number of nitrogens with zero attached hydrogens (tertiary/aromatic N) is 2. The Balaban J connectivity index is 0.00000484. The molecule has 0 bridgehead atoms. The van der Waals surface area contributed by atoms with E-state index in [1.165, 1.54) is 12.1 Å². The molecule has 0 aliphatic heterocycles. The molecule has 1 aromatic rings. The predicted molar refractivity (Wildman–Crippen MR) is 105 cm³/mol. The van der Waals surface area contributed by atoms with Gasteiger partial charge in [-0.2, -0.15) is 0 Å². The van der Waals surface area contributed by atoms with E-state index in [1.54, 1.807) is 12.1 Å². The first kappa shape index (κ1) is 21.4. The number of nitro groups is 1. The predicted octanol–water partition coefficient (Wildman–Crippen LogP) is 3.62. The van der Waals surface area contributed by atoms with Crippen LogP contribution in [0.4, 0.5) is 5.69 Å². The Labute approximate surface area is 154 Å². The molecule has 1 rings (SSSR count). The Hall–Kier alpha value is -1.64. The quantitative estimate of drug-likeness (QED) is 0.125. The highest BCUT2D eigenvalue weighted by Crippen LogP contribution is 2.12. The van der Waals surface area contributed by atoms with Gasteiger partial charge in [0.15, 0.2) is 5.96 Å². The minimum absolute atomic E-state index is 0. The number of rotatable bonds is 8. The van der Waals surface area contributed by atoms with Crippen LogP contribution in [0.15, 0.2) is 41.4 Å². The maximum Gasteiger partial charge on any atom is 0.269 e. The van der Waals surface area contributed by atoms with E-state index < -0.39 is 4.92 Å². The average Bonchev–Trinajstić information content (AvgIpc) is 2.49. The van der Waals surface area contributed by atoms with Gasteiger partial charge in [0.1, 0.15) is 0 Å². The fourth-order valence-corrected chi connectivity index (χ4v) is 1.69. The minimum Gasteiger partial charge on any atom is -0.356 e. The maximum atomic E-state index is 10.6. The first-order valence-corrected chi connectivity index (χ1v) is 7.42. The third-order valence-corrected chi connectivity index (χ3v) is 2.95. The molecule has 0 fully saturated rings. The van der Waals surface area contributed by atoms with Gasteiger partial charge in [0.2, 0.25) is 0 Å². The Morgan fingerprint density at radius 3 is 2.48 bits per heavy atom. The lowest BCUT2D eigenvalue weighted by Gasteiger charge is -2.12. The highest BCUT2D eigenvalue weighted by Gasteiger charge is 2.04.